The molecule has 0 atom stereocenters. The molecule has 0 aromatic heterocycles. The maximum atomic E-state index is 11.5. The molecule has 1 aromatic rings. The molecule has 0 saturated carbocycles. The third kappa shape index (κ3) is 1.77. The van der Waals surface area contributed by atoms with Gasteiger partial charge >= 0.3 is 0 Å². The van der Waals surface area contributed by atoms with E-state index in [0.29, 0.717) is 6.42 Å². The minimum atomic E-state index is -3.89. The van der Waals surface area contributed by atoms with Crippen LogP contribution in [0.15, 0.2) is 11.0 Å². The Morgan fingerprint density at radius 2 is 1.89 bits per heavy atom. The molecule has 18 heavy (non-hydrogen) atoms. The van der Waals surface area contributed by atoms with Gasteiger partial charge < -0.3 is 10.0 Å². The first kappa shape index (κ1) is 12.1. The van der Waals surface area contributed by atoms with Gasteiger partial charge in [0.15, 0.2) is 0 Å². The number of phenolic OH excluding ortho intramolecular Hbond substituents is 1. The van der Waals surface area contributed by atoms with Gasteiger partial charge in [-0.2, -0.15) is 0 Å². The van der Waals surface area contributed by atoms with E-state index in [1.807, 2.05) is 0 Å². The SMILES string of the molecule is O=S(=O)(Cl)c1cc2c3c(c1O)CCCN3CCC2. The first-order chi connectivity index (χ1) is 8.48. The van der Waals surface area contributed by atoms with Gasteiger partial charge in [-0.1, -0.05) is 0 Å². The molecule has 6 heteroatoms. The van der Waals surface area contributed by atoms with Crippen molar-refractivity contribution in [1.82, 2.24) is 0 Å². The number of aryl methyl sites for hydroxylation is 1. The molecule has 0 amide bonds. The molecule has 98 valence electrons. The summed E-state index contributed by atoms with van der Waals surface area (Å²) < 4.78 is 23.0. The summed E-state index contributed by atoms with van der Waals surface area (Å²) in [5.41, 5.74) is 2.78. The summed E-state index contributed by atoms with van der Waals surface area (Å²) in [6.07, 6.45) is 3.51. The molecule has 1 N–H and O–H groups in total. The van der Waals surface area contributed by atoms with Crippen LogP contribution < -0.4 is 4.90 Å². The Hall–Kier alpha value is -0.940. The van der Waals surface area contributed by atoms with Crippen molar-refractivity contribution in [3.8, 4) is 5.75 Å². The Kier molecular flexibility index (Phi) is 2.71. The largest absolute Gasteiger partial charge is 0.506 e. The molecule has 2 heterocycles. The summed E-state index contributed by atoms with van der Waals surface area (Å²) in [5.74, 6) is -0.157. The van der Waals surface area contributed by atoms with Crippen molar-refractivity contribution in [3.05, 3.63) is 17.2 Å². The monoisotopic (exact) mass is 287 g/mol. The van der Waals surface area contributed by atoms with Crippen LogP contribution in [0.3, 0.4) is 0 Å². The Bertz CT molecular complexity index is 610. The van der Waals surface area contributed by atoms with Crippen LogP contribution in [0, 0.1) is 0 Å². The maximum absolute atomic E-state index is 11.5. The quantitative estimate of drug-likeness (QED) is 0.803. The molecule has 0 spiro atoms. The van der Waals surface area contributed by atoms with Crippen LogP contribution in [-0.2, 0) is 21.9 Å². The molecule has 0 aliphatic carbocycles. The highest BCUT2D eigenvalue weighted by Crippen LogP contribution is 2.43. The highest BCUT2D eigenvalue weighted by atomic mass is 35.7. The van der Waals surface area contributed by atoms with Crippen molar-refractivity contribution in [3.63, 3.8) is 0 Å². The van der Waals surface area contributed by atoms with Gasteiger partial charge in [0.2, 0.25) is 0 Å². The number of benzene rings is 1. The van der Waals surface area contributed by atoms with Crippen LogP contribution in [0.5, 0.6) is 5.75 Å². The average Bonchev–Trinajstić information content (AvgIpc) is 2.32. The topological polar surface area (TPSA) is 57.6 Å². The molecule has 3 rings (SSSR count). The predicted octanol–water partition coefficient (Wildman–Crippen LogP) is 2.02. The van der Waals surface area contributed by atoms with E-state index in [0.717, 1.165) is 49.2 Å². The second-order valence-electron chi connectivity index (χ2n) is 4.84. The molecule has 1 aromatic carbocycles. The number of hydrogen-bond donors (Lipinski definition) is 1. The second-order valence-corrected chi connectivity index (χ2v) is 7.38. The van der Waals surface area contributed by atoms with Crippen LogP contribution in [0.4, 0.5) is 5.69 Å². The fraction of sp³-hybridized carbons (Fsp3) is 0.500. The highest BCUT2D eigenvalue weighted by Gasteiger charge is 2.30. The van der Waals surface area contributed by atoms with E-state index in [1.54, 1.807) is 0 Å². The number of hydrogen-bond acceptors (Lipinski definition) is 4. The lowest BCUT2D eigenvalue weighted by Crippen LogP contribution is -2.34. The second kappa shape index (κ2) is 4.03. The smallest absolute Gasteiger partial charge is 0.264 e. The first-order valence-electron chi connectivity index (χ1n) is 6.06. The average molecular weight is 288 g/mol. The van der Waals surface area contributed by atoms with Crippen LogP contribution in [-0.4, -0.2) is 26.6 Å². The molecule has 0 saturated heterocycles. The zero-order valence-electron chi connectivity index (χ0n) is 9.82. The summed E-state index contributed by atoms with van der Waals surface area (Å²) in [6.45, 7) is 1.96. The van der Waals surface area contributed by atoms with E-state index in [1.165, 1.54) is 6.07 Å². The van der Waals surface area contributed by atoms with Gasteiger partial charge in [0.25, 0.3) is 9.05 Å². The van der Waals surface area contributed by atoms with Crippen LogP contribution in [0.1, 0.15) is 24.0 Å². The fourth-order valence-corrected chi connectivity index (χ4v) is 3.99. The minimum Gasteiger partial charge on any atom is -0.506 e. The van der Waals surface area contributed by atoms with E-state index in [-0.39, 0.29) is 10.6 Å². The molecule has 4 nitrogen and oxygen atoms in total. The predicted molar refractivity (Wildman–Crippen MR) is 70.0 cm³/mol. The lowest BCUT2D eigenvalue weighted by molar-refractivity contribution is 0.446. The summed E-state index contributed by atoms with van der Waals surface area (Å²) in [7, 11) is 1.50. The van der Waals surface area contributed by atoms with Crippen molar-refractivity contribution in [2.24, 2.45) is 0 Å². The lowest BCUT2D eigenvalue weighted by atomic mass is 9.91. The van der Waals surface area contributed by atoms with Crippen LogP contribution in [0.25, 0.3) is 0 Å². The van der Waals surface area contributed by atoms with Crippen LogP contribution in [0.2, 0.25) is 0 Å². The summed E-state index contributed by atoms with van der Waals surface area (Å²) in [4.78, 5) is 2.10. The molecule has 2 aliphatic rings. The van der Waals surface area contributed by atoms with Gasteiger partial charge in [-0.15, -0.1) is 0 Å². The highest BCUT2D eigenvalue weighted by molar-refractivity contribution is 8.13. The van der Waals surface area contributed by atoms with Gasteiger partial charge in [0, 0.05) is 35.0 Å². The molecule has 0 bridgehead atoms. The normalized spacial score (nSPS) is 18.6. The summed E-state index contributed by atoms with van der Waals surface area (Å²) in [5, 5.41) is 10.1. The standard InChI is InChI=1S/C12H14ClNO3S/c13-18(16,17)10-7-8-3-1-5-14-6-2-4-9(11(8)14)12(10)15/h7,15H,1-6H2. The third-order valence-electron chi connectivity index (χ3n) is 3.72. The Morgan fingerprint density at radius 1 is 1.22 bits per heavy atom. The summed E-state index contributed by atoms with van der Waals surface area (Å²) >= 11 is 0. The number of phenols is 1. The molecule has 2 aliphatic heterocycles. The van der Waals surface area contributed by atoms with Gasteiger partial charge in [0.05, 0.1) is 0 Å². The van der Waals surface area contributed by atoms with E-state index in [4.69, 9.17) is 10.7 Å². The third-order valence-corrected chi connectivity index (χ3v) is 5.06. The van der Waals surface area contributed by atoms with Gasteiger partial charge in [0.1, 0.15) is 10.6 Å². The Morgan fingerprint density at radius 3 is 2.56 bits per heavy atom. The van der Waals surface area contributed by atoms with E-state index >= 15 is 0 Å². The molecule has 0 radical (unpaired) electrons. The minimum absolute atomic E-state index is 0.137. The van der Waals surface area contributed by atoms with Crippen LogP contribution >= 0.6 is 10.7 Å². The van der Waals surface area contributed by atoms with E-state index in [9.17, 15) is 13.5 Å². The van der Waals surface area contributed by atoms with Gasteiger partial charge in [-0.05, 0) is 37.3 Å². The van der Waals surface area contributed by atoms with E-state index in [2.05, 4.69) is 4.90 Å². The molecular weight excluding hydrogens is 274 g/mol. The summed E-state index contributed by atoms with van der Waals surface area (Å²) in [6, 6.07) is 1.54. The first-order valence-corrected chi connectivity index (χ1v) is 8.37. The van der Waals surface area contributed by atoms with Gasteiger partial charge in [-0.25, -0.2) is 8.42 Å². The zero-order valence-corrected chi connectivity index (χ0v) is 11.4. The Labute approximate surface area is 111 Å². The number of aromatic hydroxyl groups is 1. The van der Waals surface area contributed by atoms with Crippen molar-refractivity contribution in [2.75, 3.05) is 18.0 Å². The molecule has 0 fully saturated rings. The van der Waals surface area contributed by atoms with Crippen molar-refractivity contribution in [2.45, 2.75) is 30.6 Å². The molecule has 0 unspecified atom stereocenters. The Balaban J connectivity index is 2.30. The zero-order chi connectivity index (χ0) is 12.9. The number of halogens is 1. The lowest BCUT2D eigenvalue weighted by Gasteiger charge is -2.37. The van der Waals surface area contributed by atoms with Crippen molar-refractivity contribution >= 4 is 25.4 Å². The fourth-order valence-electron chi connectivity index (χ4n) is 3.00. The van der Waals surface area contributed by atoms with Gasteiger partial charge in [-0.3, -0.25) is 0 Å². The number of rotatable bonds is 1. The number of anilines is 1. The maximum Gasteiger partial charge on any atom is 0.264 e. The van der Waals surface area contributed by atoms with E-state index < -0.39 is 9.05 Å². The molecular formula is C12H14ClNO3S. The van der Waals surface area contributed by atoms with Crippen molar-refractivity contribution < 1.29 is 13.5 Å². The number of nitrogens with zero attached hydrogens (tertiary/aromatic N) is 1. The van der Waals surface area contributed by atoms with Crippen molar-refractivity contribution in [1.29, 1.82) is 0 Å².